The third-order valence-electron chi connectivity index (χ3n) is 8.41. The van der Waals surface area contributed by atoms with Crippen LogP contribution in [0.3, 0.4) is 0 Å². The molecule has 0 aliphatic rings. The first-order valence-corrected chi connectivity index (χ1v) is 14.2. The first-order valence-electron chi connectivity index (χ1n) is 14.2. The number of hydrogen-bond donors (Lipinski definition) is 0. The van der Waals surface area contributed by atoms with Crippen molar-refractivity contribution in [2.45, 2.75) is 79.1 Å². The number of hydrogen-bond acceptors (Lipinski definition) is 0. The summed E-state index contributed by atoms with van der Waals surface area (Å²) in [5.41, 5.74) is 11.0. The average molecular weight is 511 g/mol. The van der Waals surface area contributed by atoms with Gasteiger partial charge in [0.15, 0.2) is 0 Å². The fourth-order valence-electron chi connectivity index (χ4n) is 5.83. The van der Waals surface area contributed by atoms with Gasteiger partial charge >= 0.3 is 29.6 Å². The summed E-state index contributed by atoms with van der Waals surface area (Å²) < 4.78 is 0. The zero-order valence-electron chi connectivity index (χ0n) is 25.1. The minimum atomic E-state index is -1.36. The van der Waals surface area contributed by atoms with Crippen LogP contribution in [0.5, 0.6) is 0 Å². The Morgan fingerprint density at radius 2 is 0.474 bits per heavy atom. The van der Waals surface area contributed by atoms with Crippen molar-refractivity contribution < 1.29 is 29.6 Å². The van der Waals surface area contributed by atoms with Crippen molar-refractivity contribution in [2.75, 3.05) is 0 Å². The normalized spacial score (nSPS) is 11.9. The fraction of sp³-hybridized carbons (Fsp3) is 0.333. The van der Waals surface area contributed by atoms with Crippen LogP contribution in [-0.4, -0.2) is 6.15 Å². The standard InChI is InChI=1S/C36H44B.Na/c1-25(2)29-9-17-33(18-10-29)37(34-19-11-30(12-20-34)26(3)4,35-21-13-31(14-22-35)27(5)6)36-23-15-32(16-24-36)28(7)8;/h9-28H,1-8H3;/q-1;+1. The van der Waals surface area contributed by atoms with Gasteiger partial charge in [0.25, 0.3) is 0 Å². The Hall–Kier alpha value is -2.06. The van der Waals surface area contributed by atoms with E-state index in [9.17, 15) is 0 Å². The Kier molecular flexibility index (Phi) is 10.3. The summed E-state index contributed by atoms with van der Waals surface area (Å²) in [4.78, 5) is 0. The van der Waals surface area contributed by atoms with Crippen LogP contribution in [0.15, 0.2) is 97.1 Å². The van der Waals surface area contributed by atoms with Crippen LogP contribution in [-0.2, 0) is 0 Å². The minimum Gasteiger partial charge on any atom is -0.195 e. The van der Waals surface area contributed by atoms with Crippen molar-refractivity contribution >= 4 is 28.0 Å². The predicted molar refractivity (Wildman–Crippen MR) is 166 cm³/mol. The van der Waals surface area contributed by atoms with Crippen molar-refractivity contribution in [3.05, 3.63) is 119 Å². The zero-order chi connectivity index (χ0) is 26.7. The molecule has 4 aromatic carbocycles. The molecule has 0 radical (unpaired) electrons. The van der Waals surface area contributed by atoms with Crippen LogP contribution in [0.4, 0.5) is 0 Å². The summed E-state index contributed by atoms with van der Waals surface area (Å²) in [7, 11) is 0. The molecule has 0 aliphatic carbocycles. The SMILES string of the molecule is CC(C)c1ccc([B-](c2ccc(C(C)C)cc2)(c2ccc(C(C)C)cc2)c2ccc(C(C)C)cc2)cc1.[Na+]. The second-order valence-electron chi connectivity index (χ2n) is 12.2. The van der Waals surface area contributed by atoms with E-state index in [4.69, 9.17) is 0 Å². The molecule has 0 heterocycles. The molecule has 0 N–H and O–H groups in total. The molecule has 0 nitrogen and oxygen atoms in total. The van der Waals surface area contributed by atoms with Gasteiger partial charge in [-0.3, -0.25) is 0 Å². The Labute approximate surface area is 254 Å². The Balaban J connectivity index is 0.00000400. The molecule has 0 saturated heterocycles. The predicted octanol–water partition coefficient (Wildman–Crippen LogP) is 4.56. The van der Waals surface area contributed by atoms with Crippen LogP contribution in [0, 0.1) is 0 Å². The molecule has 0 amide bonds. The van der Waals surface area contributed by atoms with Crippen LogP contribution in [0.25, 0.3) is 0 Å². The van der Waals surface area contributed by atoms with Crippen molar-refractivity contribution in [3.63, 3.8) is 0 Å². The molecule has 0 bridgehead atoms. The van der Waals surface area contributed by atoms with Gasteiger partial charge in [-0.1, -0.05) is 152 Å². The molecule has 0 spiro atoms. The minimum absolute atomic E-state index is 0. The monoisotopic (exact) mass is 510 g/mol. The van der Waals surface area contributed by atoms with Crippen LogP contribution in [0.2, 0.25) is 0 Å². The molecule has 0 saturated carbocycles. The third kappa shape index (κ3) is 6.06. The van der Waals surface area contributed by atoms with E-state index in [-0.39, 0.29) is 29.6 Å². The number of benzene rings is 4. The Bertz CT molecular complexity index is 1070. The van der Waals surface area contributed by atoms with Crippen LogP contribution >= 0.6 is 0 Å². The van der Waals surface area contributed by atoms with Gasteiger partial charge < -0.3 is 0 Å². The summed E-state index contributed by atoms with van der Waals surface area (Å²) in [6, 6.07) is 37.8. The molecule has 192 valence electrons. The van der Waals surface area contributed by atoms with Crippen LogP contribution in [0.1, 0.15) is 101 Å². The van der Waals surface area contributed by atoms with Crippen molar-refractivity contribution in [3.8, 4) is 0 Å². The van der Waals surface area contributed by atoms with Gasteiger partial charge in [0.1, 0.15) is 6.15 Å². The first-order chi connectivity index (χ1) is 17.6. The fourth-order valence-corrected chi connectivity index (χ4v) is 5.83. The Morgan fingerprint density at radius 3 is 0.605 bits per heavy atom. The number of rotatable bonds is 8. The first kappa shape index (κ1) is 30.5. The van der Waals surface area contributed by atoms with Gasteiger partial charge in [0, 0.05) is 0 Å². The molecule has 0 atom stereocenters. The summed E-state index contributed by atoms with van der Waals surface area (Å²) in [6.07, 6.45) is -1.36. The van der Waals surface area contributed by atoms with Gasteiger partial charge in [-0.2, -0.15) is 21.9 Å². The maximum atomic E-state index is 2.39. The van der Waals surface area contributed by atoms with Crippen LogP contribution < -0.4 is 51.4 Å². The summed E-state index contributed by atoms with van der Waals surface area (Å²) in [5, 5.41) is 0. The molecular weight excluding hydrogens is 466 g/mol. The molecule has 0 unspecified atom stereocenters. The summed E-state index contributed by atoms with van der Waals surface area (Å²) in [6.45, 7) is 18.2. The maximum absolute atomic E-state index is 2.39. The van der Waals surface area contributed by atoms with E-state index in [1.807, 2.05) is 0 Å². The molecule has 4 rings (SSSR count). The van der Waals surface area contributed by atoms with E-state index in [1.165, 1.54) is 44.1 Å². The molecule has 0 aliphatic heterocycles. The van der Waals surface area contributed by atoms with E-state index in [0.29, 0.717) is 23.7 Å². The van der Waals surface area contributed by atoms with Crippen molar-refractivity contribution in [1.82, 2.24) is 0 Å². The van der Waals surface area contributed by atoms with Gasteiger partial charge in [-0.25, -0.2) is 0 Å². The van der Waals surface area contributed by atoms with Crippen molar-refractivity contribution in [1.29, 1.82) is 0 Å². The topological polar surface area (TPSA) is 0 Å². The average Bonchev–Trinajstić information content (AvgIpc) is 2.90. The molecular formula is C36H44BNa. The van der Waals surface area contributed by atoms with Crippen molar-refractivity contribution in [2.24, 2.45) is 0 Å². The third-order valence-corrected chi connectivity index (χ3v) is 8.41. The van der Waals surface area contributed by atoms with Gasteiger partial charge in [0.2, 0.25) is 0 Å². The van der Waals surface area contributed by atoms with E-state index in [0.717, 1.165) is 0 Å². The smallest absolute Gasteiger partial charge is 0.195 e. The summed E-state index contributed by atoms with van der Waals surface area (Å²) in [5.74, 6) is 2.04. The Morgan fingerprint density at radius 1 is 0.316 bits per heavy atom. The van der Waals surface area contributed by atoms with Gasteiger partial charge in [-0.15, -0.1) is 0 Å². The quantitative estimate of drug-likeness (QED) is 0.305. The molecule has 2 heteroatoms. The van der Waals surface area contributed by atoms with Gasteiger partial charge in [-0.05, 0) is 45.9 Å². The van der Waals surface area contributed by atoms with E-state index in [2.05, 4.69) is 152 Å². The maximum Gasteiger partial charge on any atom is 1.00 e. The molecule has 38 heavy (non-hydrogen) atoms. The van der Waals surface area contributed by atoms with E-state index < -0.39 is 6.15 Å². The zero-order valence-corrected chi connectivity index (χ0v) is 27.1. The molecule has 4 aromatic rings. The molecule has 0 aromatic heterocycles. The second kappa shape index (κ2) is 12.9. The largest absolute Gasteiger partial charge is 1.00 e. The van der Waals surface area contributed by atoms with E-state index >= 15 is 0 Å². The van der Waals surface area contributed by atoms with E-state index in [1.54, 1.807) is 0 Å². The second-order valence-corrected chi connectivity index (χ2v) is 12.2. The molecule has 0 fully saturated rings. The van der Waals surface area contributed by atoms with Gasteiger partial charge in [0.05, 0.1) is 0 Å². The summed E-state index contributed by atoms with van der Waals surface area (Å²) >= 11 is 0.